The average molecular weight is 444 g/mol. The first-order valence-electron chi connectivity index (χ1n) is 11.0. The van der Waals surface area contributed by atoms with Gasteiger partial charge in [-0.05, 0) is 12.0 Å². The predicted octanol–water partition coefficient (Wildman–Crippen LogP) is 4.53. The van der Waals surface area contributed by atoms with Crippen LogP contribution < -0.4 is 0 Å². The minimum absolute atomic E-state index is 0.252. The minimum Gasteiger partial charge on any atom is -0.481 e. The molecule has 1 aliphatic heterocycles. The molecule has 0 unspecified atom stereocenters. The Hall–Kier alpha value is -3.78. The number of carboxylic acid groups (broad SMARTS) is 1. The Morgan fingerprint density at radius 3 is 2.48 bits per heavy atom. The van der Waals surface area contributed by atoms with Gasteiger partial charge in [-0.2, -0.15) is 4.98 Å². The zero-order valence-corrected chi connectivity index (χ0v) is 18.3. The largest absolute Gasteiger partial charge is 0.481 e. The smallest absolute Gasteiger partial charge is 0.309 e. The van der Waals surface area contributed by atoms with Crippen molar-refractivity contribution >= 4 is 5.97 Å². The Balaban J connectivity index is 1.33. The van der Waals surface area contributed by atoms with Crippen LogP contribution in [0.25, 0.3) is 34.3 Å². The topological polar surface area (TPSA) is 105 Å². The normalized spacial score (nSPS) is 14.3. The summed E-state index contributed by atoms with van der Waals surface area (Å²) in [6, 6.07) is 17.8. The molecule has 0 aliphatic carbocycles. The van der Waals surface area contributed by atoms with Crippen molar-refractivity contribution in [2.24, 2.45) is 5.92 Å². The van der Waals surface area contributed by atoms with E-state index in [4.69, 9.17) is 14.2 Å². The molecule has 0 spiro atoms. The zero-order chi connectivity index (χ0) is 22.8. The van der Waals surface area contributed by atoms with Gasteiger partial charge in [0.2, 0.25) is 11.6 Å². The van der Waals surface area contributed by atoms with Crippen molar-refractivity contribution in [2.75, 3.05) is 13.1 Å². The maximum atomic E-state index is 11.0. The Kier molecular flexibility index (Phi) is 5.75. The molecule has 4 aromatic rings. The molecule has 2 aromatic carbocycles. The minimum atomic E-state index is -0.723. The Labute approximate surface area is 190 Å². The fourth-order valence-electron chi connectivity index (χ4n) is 4.09. The van der Waals surface area contributed by atoms with E-state index in [-0.39, 0.29) is 5.92 Å². The Bertz CT molecular complexity index is 1240. The van der Waals surface area contributed by atoms with Gasteiger partial charge < -0.3 is 14.2 Å². The molecule has 1 fully saturated rings. The summed E-state index contributed by atoms with van der Waals surface area (Å²) >= 11 is 0. The maximum Gasteiger partial charge on any atom is 0.309 e. The fraction of sp³-hybridized carbons (Fsp3) is 0.280. The molecule has 168 valence electrons. The first-order chi connectivity index (χ1) is 16.1. The third kappa shape index (κ3) is 4.29. The lowest BCUT2D eigenvalue weighted by Crippen LogP contribution is -2.49. The first kappa shape index (κ1) is 21.1. The second-order valence-corrected chi connectivity index (χ2v) is 8.30. The van der Waals surface area contributed by atoms with Crippen LogP contribution in [0.4, 0.5) is 0 Å². The van der Waals surface area contributed by atoms with Crippen molar-refractivity contribution in [1.29, 1.82) is 0 Å². The number of carboxylic acids is 1. The van der Waals surface area contributed by atoms with Crippen molar-refractivity contribution in [3.8, 4) is 34.3 Å². The Morgan fingerprint density at radius 2 is 1.79 bits per heavy atom. The molecule has 0 saturated carbocycles. The van der Waals surface area contributed by atoms with Crippen molar-refractivity contribution < 1.29 is 18.9 Å². The van der Waals surface area contributed by atoms with Crippen molar-refractivity contribution in [3.05, 3.63) is 65.7 Å². The van der Waals surface area contributed by atoms with E-state index >= 15 is 0 Å². The van der Waals surface area contributed by atoms with Crippen molar-refractivity contribution in [2.45, 2.75) is 26.3 Å². The van der Waals surface area contributed by atoms with Crippen LogP contribution >= 0.6 is 0 Å². The molecular weight excluding hydrogens is 420 g/mol. The fourth-order valence-corrected chi connectivity index (χ4v) is 4.09. The van der Waals surface area contributed by atoms with E-state index < -0.39 is 5.97 Å². The number of carbonyl (C=O) groups is 1. The summed E-state index contributed by atoms with van der Waals surface area (Å²) in [7, 11) is 0. The van der Waals surface area contributed by atoms with Gasteiger partial charge in [-0.25, -0.2) is 0 Å². The van der Waals surface area contributed by atoms with Gasteiger partial charge in [0.1, 0.15) is 5.69 Å². The summed E-state index contributed by atoms with van der Waals surface area (Å²) in [4.78, 5) is 17.6. The quantitative estimate of drug-likeness (QED) is 0.423. The average Bonchev–Trinajstić information content (AvgIpc) is 3.44. The van der Waals surface area contributed by atoms with Gasteiger partial charge in [-0.15, -0.1) is 0 Å². The summed E-state index contributed by atoms with van der Waals surface area (Å²) < 4.78 is 11.2. The molecule has 0 atom stereocenters. The van der Waals surface area contributed by atoms with Crippen molar-refractivity contribution in [1.82, 2.24) is 20.2 Å². The van der Waals surface area contributed by atoms with Crippen LogP contribution in [0.3, 0.4) is 0 Å². The molecule has 33 heavy (non-hydrogen) atoms. The van der Waals surface area contributed by atoms with Crippen LogP contribution in [0.1, 0.15) is 24.5 Å². The van der Waals surface area contributed by atoms with Crippen LogP contribution in [0.15, 0.2) is 63.6 Å². The third-order valence-corrected chi connectivity index (χ3v) is 5.88. The molecule has 0 radical (unpaired) electrons. The zero-order valence-electron chi connectivity index (χ0n) is 18.3. The van der Waals surface area contributed by atoms with E-state index in [0.29, 0.717) is 30.6 Å². The highest BCUT2D eigenvalue weighted by Gasteiger charge is 2.32. The summed E-state index contributed by atoms with van der Waals surface area (Å²) in [5, 5.41) is 17.4. The molecule has 2 aromatic heterocycles. The first-order valence-corrected chi connectivity index (χ1v) is 11.0. The number of aliphatic carboxylic acids is 1. The molecule has 1 aliphatic rings. The molecule has 3 heterocycles. The molecule has 1 N–H and O–H groups in total. The SMILES string of the molecule is CCCc1c(-c2ccccc2)noc1-c1nc(-c2ccc(CN3CC(C(=O)O)C3)cc2)no1. The van der Waals surface area contributed by atoms with Crippen LogP contribution in [-0.4, -0.2) is 44.4 Å². The van der Waals surface area contributed by atoms with Gasteiger partial charge in [-0.1, -0.05) is 78.3 Å². The van der Waals surface area contributed by atoms with Crippen LogP contribution in [-0.2, 0) is 17.8 Å². The number of likely N-dealkylation sites (tertiary alicyclic amines) is 1. The summed E-state index contributed by atoms with van der Waals surface area (Å²) in [6.45, 7) is 4.01. The summed E-state index contributed by atoms with van der Waals surface area (Å²) in [5.41, 5.74) is 4.69. The number of hydrogen-bond donors (Lipinski definition) is 1. The van der Waals surface area contributed by atoms with E-state index in [9.17, 15) is 4.79 Å². The second-order valence-electron chi connectivity index (χ2n) is 8.30. The third-order valence-electron chi connectivity index (χ3n) is 5.88. The lowest BCUT2D eigenvalue weighted by atomic mass is 9.99. The van der Waals surface area contributed by atoms with Gasteiger partial charge >= 0.3 is 5.97 Å². The molecule has 0 bridgehead atoms. The number of benzene rings is 2. The predicted molar refractivity (Wildman–Crippen MR) is 121 cm³/mol. The van der Waals surface area contributed by atoms with Gasteiger partial charge in [-0.3, -0.25) is 9.69 Å². The van der Waals surface area contributed by atoms with E-state index in [0.717, 1.165) is 47.3 Å². The summed E-state index contributed by atoms with van der Waals surface area (Å²) in [6.07, 6.45) is 1.72. The number of rotatable bonds is 8. The van der Waals surface area contributed by atoms with E-state index in [1.807, 2.05) is 54.6 Å². The van der Waals surface area contributed by atoms with Gasteiger partial charge in [0.25, 0.3) is 5.89 Å². The highest BCUT2D eigenvalue weighted by Crippen LogP contribution is 2.33. The van der Waals surface area contributed by atoms with E-state index in [2.05, 4.69) is 27.1 Å². The monoisotopic (exact) mass is 444 g/mol. The van der Waals surface area contributed by atoms with Gasteiger partial charge in [0, 0.05) is 36.3 Å². The molecule has 5 rings (SSSR count). The van der Waals surface area contributed by atoms with Gasteiger partial charge in [0.15, 0.2) is 0 Å². The van der Waals surface area contributed by atoms with Crippen molar-refractivity contribution in [3.63, 3.8) is 0 Å². The van der Waals surface area contributed by atoms with Gasteiger partial charge in [0.05, 0.1) is 5.92 Å². The number of aromatic nitrogens is 3. The molecular formula is C25H24N4O4. The summed E-state index contributed by atoms with van der Waals surface area (Å²) in [5.74, 6) is 0.327. The molecule has 0 amide bonds. The highest BCUT2D eigenvalue weighted by molar-refractivity contribution is 5.72. The lowest BCUT2D eigenvalue weighted by Gasteiger charge is -2.36. The molecule has 8 heteroatoms. The standard InChI is InChI=1S/C25H24N4O4/c1-2-6-20-21(17-7-4-3-5-8-17)27-32-22(20)24-26-23(28-33-24)18-11-9-16(10-12-18)13-29-14-19(15-29)25(30)31/h3-5,7-12,19H,2,6,13-15H2,1H3,(H,30,31). The Morgan fingerprint density at radius 1 is 1.03 bits per heavy atom. The molecule has 1 saturated heterocycles. The maximum absolute atomic E-state index is 11.0. The van der Waals surface area contributed by atoms with Crippen LogP contribution in [0, 0.1) is 5.92 Å². The van der Waals surface area contributed by atoms with Crippen LogP contribution in [0.5, 0.6) is 0 Å². The second kappa shape index (κ2) is 8.99. The number of hydrogen-bond acceptors (Lipinski definition) is 7. The highest BCUT2D eigenvalue weighted by atomic mass is 16.5. The molecule has 8 nitrogen and oxygen atoms in total. The van der Waals surface area contributed by atoms with E-state index in [1.54, 1.807) is 0 Å². The lowest BCUT2D eigenvalue weighted by molar-refractivity contribution is -0.147. The van der Waals surface area contributed by atoms with Crippen LogP contribution in [0.2, 0.25) is 0 Å². The number of nitrogens with zero attached hydrogens (tertiary/aromatic N) is 4. The van der Waals surface area contributed by atoms with E-state index in [1.165, 1.54) is 0 Å².